The molecule has 1 aromatic carbocycles. The minimum atomic E-state index is -3.77. The number of nitrogens with one attached hydrogen (secondary N) is 1. The van der Waals surface area contributed by atoms with Gasteiger partial charge in [-0.2, -0.15) is 0 Å². The Bertz CT molecular complexity index is 744. The summed E-state index contributed by atoms with van der Waals surface area (Å²) >= 11 is 0. The average Bonchev–Trinajstić information content (AvgIpc) is 2.77. The molecule has 0 aliphatic carbocycles. The standard InChI is InChI=1S/C16H17NO3S.C3H6.3C2H6/c1-4-6-12-16(15(5-2)13(3)18)17-21(19,20)14-10-8-7-9-11-14;1-3-2;3*1-2/h4-12,17H,1-2H2,3H3;3H,1H2,2H3;3*1-2H3/b12-6-,16-15-;;;;. The van der Waals surface area contributed by atoms with Gasteiger partial charge in [0.2, 0.25) is 0 Å². The third kappa shape index (κ3) is 16.3. The molecule has 0 heterocycles. The lowest BCUT2D eigenvalue weighted by Crippen LogP contribution is -2.24. The van der Waals surface area contributed by atoms with Crippen molar-refractivity contribution in [1.82, 2.24) is 4.72 Å². The summed E-state index contributed by atoms with van der Waals surface area (Å²) in [6, 6.07) is 7.91. The highest BCUT2D eigenvalue weighted by Gasteiger charge is 2.16. The maximum atomic E-state index is 12.3. The molecule has 5 heteroatoms. The van der Waals surface area contributed by atoms with Crippen LogP contribution in [0.4, 0.5) is 0 Å². The molecule has 0 radical (unpaired) electrons. The molecule has 4 nitrogen and oxygen atoms in total. The lowest BCUT2D eigenvalue weighted by atomic mass is 10.1. The number of rotatable bonds is 7. The molecule has 0 saturated carbocycles. The Morgan fingerprint density at radius 1 is 0.933 bits per heavy atom. The van der Waals surface area contributed by atoms with E-state index in [4.69, 9.17) is 0 Å². The second kappa shape index (κ2) is 24.4. The van der Waals surface area contributed by atoms with Gasteiger partial charge in [0.15, 0.2) is 5.78 Å². The summed E-state index contributed by atoms with van der Waals surface area (Å²) in [6.07, 6.45) is 7.55. The van der Waals surface area contributed by atoms with Gasteiger partial charge in [-0.05, 0) is 32.1 Å². The molecule has 0 spiro atoms. The molecule has 0 unspecified atom stereocenters. The fourth-order valence-electron chi connectivity index (χ4n) is 1.59. The van der Waals surface area contributed by atoms with Crippen LogP contribution in [0, 0.1) is 0 Å². The average molecular weight is 436 g/mol. The van der Waals surface area contributed by atoms with E-state index < -0.39 is 10.0 Å². The van der Waals surface area contributed by atoms with Crippen LogP contribution in [0.5, 0.6) is 0 Å². The Kier molecular flexibility index (Phi) is 28.3. The minimum absolute atomic E-state index is 0.112. The van der Waals surface area contributed by atoms with Crippen molar-refractivity contribution in [2.75, 3.05) is 0 Å². The van der Waals surface area contributed by atoms with E-state index in [2.05, 4.69) is 24.5 Å². The van der Waals surface area contributed by atoms with E-state index in [1.54, 1.807) is 24.3 Å². The molecule has 0 amide bonds. The molecule has 1 N–H and O–H groups in total. The number of Topliss-reactive ketones (excluding diaryl/α,β-unsaturated/α-hetero) is 1. The van der Waals surface area contributed by atoms with E-state index >= 15 is 0 Å². The molecule has 30 heavy (non-hydrogen) atoms. The van der Waals surface area contributed by atoms with Gasteiger partial charge in [0, 0.05) is 5.57 Å². The summed E-state index contributed by atoms with van der Waals surface area (Å²) in [7, 11) is -3.77. The van der Waals surface area contributed by atoms with Gasteiger partial charge in [-0.25, -0.2) is 8.42 Å². The van der Waals surface area contributed by atoms with Gasteiger partial charge in [0.05, 0.1) is 10.6 Å². The van der Waals surface area contributed by atoms with Crippen LogP contribution in [-0.2, 0) is 14.8 Å². The summed E-state index contributed by atoms with van der Waals surface area (Å²) in [5.41, 5.74) is 0.342. The second-order valence-corrected chi connectivity index (χ2v) is 6.19. The van der Waals surface area contributed by atoms with Crippen LogP contribution in [0.3, 0.4) is 0 Å². The molecule has 0 saturated heterocycles. The molecule has 0 fully saturated rings. The smallest absolute Gasteiger partial charge is 0.261 e. The fraction of sp³-hybridized carbons (Fsp3) is 0.320. The van der Waals surface area contributed by atoms with Crippen molar-refractivity contribution in [3.05, 3.63) is 91.7 Å². The van der Waals surface area contributed by atoms with Gasteiger partial charge in [0.1, 0.15) is 0 Å². The van der Waals surface area contributed by atoms with Crippen molar-refractivity contribution in [3.8, 4) is 0 Å². The monoisotopic (exact) mass is 435 g/mol. The Morgan fingerprint density at radius 2 is 1.37 bits per heavy atom. The molecule has 1 rings (SSSR count). The molecule has 0 aliphatic heterocycles. The highest BCUT2D eigenvalue weighted by atomic mass is 32.2. The second-order valence-electron chi connectivity index (χ2n) is 4.51. The summed E-state index contributed by atoms with van der Waals surface area (Å²) < 4.78 is 27.0. The van der Waals surface area contributed by atoms with E-state index in [1.807, 2.05) is 48.5 Å². The first kappa shape index (κ1) is 34.8. The van der Waals surface area contributed by atoms with Gasteiger partial charge < -0.3 is 0 Å². The van der Waals surface area contributed by atoms with Crippen LogP contribution in [-0.4, -0.2) is 14.2 Å². The Hall–Kier alpha value is -2.66. The first-order valence-electron chi connectivity index (χ1n) is 10.2. The topological polar surface area (TPSA) is 63.2 Å². The molecule has 1 aromatic rings. The first-order chi connectivity index (χ1) is 14.3. The van der Waals surface area contributed by atoms with E-state index in [0.29, 0.717) is 0 Å². The Morgan fingerprint density at radius 3 is 1.70 bits per heavy atom. The predicted molar refractivity (Wildman–Crippen MR) is 134 cm³/mol. The number of carbonyl (C=O) groups excluding carboxylic acids is 1. The third-order valence-electron chi connectivity index (χ3n) is 2.57. The fourth-order valence-corrected chi connectivity index (χ4v) is 2.69. The van der Waals surface area contributed by atoms with Gasteiger partial charge in [-0.15, -0.1) is 6.58 Å². The zero-order valence-electron chi connectivity index (χ0n) is 20.0. The number of hydrogen-bond donors (Lipinski definition) is 1. The molecule has 170 valence electrons. The van der Waals surface area contributed by atoms with Crippen LogP contribution in [0.15, 0.2) is 96.6 Å². The number of benzene rings is 1. The van der Waals surface area contributed by atoms with E-state index in [-0.39, 0.29) is 21.9 Å². The quantitative estimate of drug-likeness (QED) is 0.285. The first-order valence-corrected chi connectivity index (χ1v) is 11.6. The van der Waals surface area contributed by atoms with Crippen molar-refractivity contribution in [1.29, 1.82) is 0 Å². The number of ketones is 1. The molecule has 0 aromatic heterocycles. The van der Waals surface area contributed by atoms with Gasteiger partial charge in [-0.1, -0.05) is 97.2 Å². The SMILES string of the molecule is C=C/C=C\C(NS(=O)(=O)c1ccccc1)=C(/C=C)C(C)=O.C=CC.CC.CC.CC. The van der Waals surface area contributed by atoms with Crippen molar-refractivity contribution in [2.24, 2.45) is 0 Å². The molecular formula is C25H41NO3S. The maximum Gasteiger partial charge on any atom is 0.261 e. The van der Waals surface area contributed by atoms with Crippen LogP contribution in [0.2, 0.25) is 0 Å². The van der Waals surface area contributed by atoms with E-state index in [0.717, 1.165) is 0 Å². The van der Waals surface area contributed by atoms with Crippen molar-refractivity contribution in [3.63, 3.8) is 0 Å². The Labute approximate surface area is 185 Å². The lowest BCUT2D eigenvalue weighted by molar-refractivity contribution is -0.113. The summed E-state index contributed by atoms with van der Waals surface area (Å²) in [5.74, 6) is -0.288. The molecular weight excluding hydrogens is 394 g/mol. The molecule has 0 atom stereocenters. The summed E-state index contributed by atoms with van der Waals surface area (Å²) in [5, 5.41) is 0. The maximum absolute atomic E-state index is 12.3. The number of sulfonamides is 1. The van der Waals surface area contributed by atoms with Crippen LogP contribution >= 0.6 is 0 Å². The predicted octanol–water partition coefficient (Wildman–Crippen LogP) is 7.01. The van der Waals surface area contributed by atoms with Crippen LogP contribution < -0.4 is 4.72 Å². The van der Waals surface area contributed by atoms with Crippen LogP contribution in [0.25, 0.3) is 0 Å². The lowest BCUT2D eigenvalue weighted by Gasteiger charge is -2.11. The minimum Gasteiger partial charge on any atom is -0.294 e. The van der Waals surface area contributed by atoms with Gasteiger partial charge >= 0.3 is 0 Å². The highest BCUT2D eigenvalue weighted by molar-refractivity contribution is 7.89. The van der Waals surface area contributed by atoms with E-state index in [9.17, 15) is 13.2 Å². The normalized spacial score (nSPS) is 9.87. The summed E-state index contributed by atoms with van der Waals surface area (Å²) in [6.45, 7) is 25.7. The van der Waals surface area contributed by atoms with Crippen molar-refractivity contribution >= 4 is 15.8 Å². The van der Waals surface area contributed by atoms with Crippen LogP contribution in [0.1, 0.15) is 55.4 Å². The van der Waals surface area contributed by atoms with Gasteiger partial charge in [0.25, 0.3) is 10.0 Å². The highest BCUT2D eigenvalue weighted by Crippen LogP contribution is 2.13. The van der Waals surface area contributed by atoms with Crippen molar-refractivity contribution < 1.29 is 13.2 Å². The van der Waals surface area contributed by atoms with E-state index in [1.165, 1.54) is 43.4 Å². The van der Waals surface area contributed by atoms with Gasteiger partial charge in [-0.3, -0.25) is 9.52 Å². The largest absolute Gasteiger partial charge is 0.294 e. The van der Waals surface area contributed by atoms with Crippen molar-refractivity contribution in [2.45, 2.75) is 60.3 Å². The molecule has 0 bridgehead atoms. The zero-order valence-corrected chi connectivity index (χ0v) is 20.8. The number of hydrogen-bond acceptors (Lipinski definition) is 3. The summed E-state index contributed by atoms with van der Waals surface area (Å²) in [4.78, 5) is 11.7. The Balaban J connectivity index is -0.000000327. The number of carbonyl (C=O) groups is 1. The molecule has 0 aliphatic rings. The zero-order chi connectivity index (χ0) is 24.6. The number of allylic oxidation sites excluding steroid dienone is 6. The third-order valence-corrected chi connectivity index (χ3v) is 3.95.